The Morgan fingerprint density at radius 1 is 1.12 bits per heavy atom. The first kappa shape index (κ1) is 18.5. The summed E-state index contributed by atoms with van der Waals surface area (Å²) in [5, 5.41) is 2.81. The summed E-state index contributed by atoms with van der Waals surface area (Å²) in [6, 6.07) is 11.6. The quantitative estimate of drug-likeness (QED) is 0.872. The molecule has 1 fully saturated rings. The zero-order valence-corrected chi connectivity index (χ0v) is 15.3. The molecule has 138 valence electrons. The number of rotatable bonds is 5. The van der Waals surface area contributed by atoms with Gasteiger partial charge in [0.2, 0.25) is 10.0 Å². The van der Waals surface area contributed by atoms with Gasteiger partial charge in [0.15, 0.2) is 0 Å². The third-order valence-corrected chi connectivity index (χ3v) is 6.41. The summed E-state index contributed by atoms with van der Waals surface area (Å²) in [7, 11) is -3.57. The number of halogens is 1. The maximum atomic E-state index is 13.0. The second kappa shape index (κ2) is 7.55. The zero-order chi connectivity index (χ0) is 18.7. The van der Waals surface area contributed by atoms with Gasteiger partial charge in [0.1, 0.15) is 5.82 Å². The van der Waals surface area contributed by atoms with Gasteiger partial charge in [-0.1, -0.05) is 18.2 Å². The van der Waals surface area contributed by atoms with Crippen molar-refractivity contribution in [3.63, 3.8) is 0 Å². The molecule has 1 aliphatic rings. The van der Waals surface area contributed by atoms with Crippen molar-refractivity contribution in [1.82, 2.24) is 9.62 Å². The molecule has 1 amide bonds. The van der Waals surface area contributed by atoms with Crippen LogP contribution in [0.5, 0.6) is 0 Å². The third-order valence-electron chi connectivity index (χ3n) is 4.52. The van der Waals surface area contributed by atoms with Crippen LogP contribution >= 0.6 is 0 Å². The smallest absolute Gasteiger partial charge is 0.251 e. The van der Waals surface area contributed by atoms with Crippen molar-refractivity contribution in [3.8, 4) is 0 Å². The number of nitrogens with zero attached hydrogens (tertiary/aromatic N) is 1. The number of hydrogen-bond acceptors (Lipinski definition) is 3. The topological polar surface area (TPSA) is 66.5 Å². The lowest BCUT2D eigenvalue weighted by Gasteiger charge is -2.17. The summed E-state index contributed by atoms with van der Waals surface area (Å²) in [6.07, 6.45) is 1.71. The van der Waals surface area contributed by atoms with E-state index in [0.29, 0.717) is 13.1 Å². The van der Waals surface area contributed by atoms with Gasteiger partial charge in [0, 0.05) is 18.7 Å². The lowest BCUT2D eigenvalue weighted by Crippen LogP contribution is -2.29. The van der Waals surface area contributed by atoms with Gasteiger partial charge in [0.25, 0.3) is 5.91 Å². The van der Waals surface area contributed by atoms with E-state index in [1.54, 1.807) is 31.2 Å². The van der Waals surface area contributed by atoms with Crippen molar-refractivity contribution in [2.45, 2.75) is 30.7 Å². The Balaban J connectivity index is 1.77. The molecule has 0 aliphatic carbocycles. The predicted octanol–water partition coefficient (Wildman–Crippen LogP) is 3.10. The SMILES string of the molecule is CC(NC(=O)c1cccc(S(=O)(=O)N2CCCC2)c1)c1ccc(F)cc1. The highest BCUT2D eigenvalue weighted by Gasteiger charge is 2.27. The first-order chi connectivity index (χ1) is 12.4. The summed E-state index contributed by atoms with van der Waals surface area (Å²) in [5.74, 6) is -0.715. The Bertz CT molecular complexity index is 891. The average molecular weight is 376 g/mol. The van der Waals surface area contributed by atoms with Crippen LogP contribution in [-0.2, 0) is 10.0 Å². The molecule has 0 spiro atoms. The van der Waals surface area contributed by atoms with Crippen LogP contribution in [0.15, 0.2) is 53.4 Å². The highest BCUT2D eigenvalue weighted by molar-refractivity contribution is 7.89. The van der Waals surface area contributed by atoms with E-state index in [1.807, 2.05) is 0 Å². The van der Waals surface area contributed by atoms with Crippen LogP contribution < -0.4 is 5.32 Å². The molecular formula is C19H21FN2O3S. The normalized spacial score (nSPS) is 16.4. The number of sulfonamides is 1. The molecule has 1 heterocycles. The summed E-state index contributed by atoms with van der Waals surface area (Å²) < 4.78 is 39.8. The maximum Gasteiger partial charge on any atom is 0.251 e. The van der Waals surface area contributed by atoms with Crippen molar-refractivity contribution in [2.24, 2.45) is 0 Å². The van der Waals surface area contributed by atoms with E-state index in [-0.39, 0.29) is 28.2 Å². The van der Waals surface area contributed by atoms with Crippen LogP contribution in [0.25, 0.3) is 0 Å². The molecule has 1 aliphatic heterocycles. The van der Waals surface area contributed by atoms with Gasteiger partial charge in [-0.2, -0.15) is 4.31 Å². The molecule has 2 aromatic carbocycles. The van der Waals surface area contributed by atoms with Crippen LogP contribution in [0.2, 0.25) is 0 Å². The number of benzene rings is 2. The minimum absolute atomic E-state index is 0.126. The number of amides is 1. The fourth-order valence-corrected chi connectivity index (χ4v) is 4.55. The van der Waals surface area contributed by atoms with Crippen molar-refractivity contribution >= 4 is 15.9 Å². The summed E-state index contributed by atoms with van der Waals surface area (Å²) in [4.78, 5) is 12.6. The molecule has 0 aromatic heterocycles. The Morgan fingerprint density at radius 3 is 2.42 bits per heavy atom. The molecule has 5 nitrogen and oxygen atoms in total. The van der Waals surface area contributed by atoms with Gasteiger partial charge >= 0.3 is 0 Å². The Morgan fingerprint density at radius 2 is 1.77 bits per heavy atom. The van der Waals surface area contributed by atoms with Crippen LogP contribution in [0.1, 0.15) is 41.7 Å². The molecule has 26 heavy (non-hydrogen) atoms. The fraction of sp³-hybridized carbons (Fsp3) is 0.316. The average Bonchev–Trinajstić information content (AvgIpc) is 3.18. The molecule has 0 bridgehead atoms. The molecule has 3 rings (SSSR count). The van der Waals surface area contributed by atoms with E-state index in [1.165, 1.54) is 28.6 Å². The lowest BCUT2D eigenvalue weighted by molar-refractivity contribution is 0.0939. The second-order valence-electron chi connectivity index (χ2n) is 6.39. The van der Waals surface area contributed by atoms with E-state index in [0.717, 1.165) is 18.4 Å². The van der Waals surface area contributed by atoms with Gasteiger partial charge in [-0.25, -0.2) is 12.8 Å². The van der Waals surface area contributed by atoms with Crippen molar-refractivity contribution in [2.75, 3.05) is 13.1 Å². The molecule has 1 unspecified atom stereocenters. The Hall–Kier alpha value is -2.25. The van der Waals surface area contributed by atoms with Crippen molar-refractivity contribution in [3.05, 3.63) is 65.5 Å². The van der Waals surface area contributed by atoms with E-state index in [9.17, 15) is 17.6 Å². The number of nitrogens with one attached hydrogen (secondary N) is 1. The van der Waals surface area contributed by atoms with Crippen molar-refractivity contribution in [1.29, 1.82) is 0 Å². The number of carbonyl (C=O) groups excluding carboxylic acids is 1. The number of hydrogen-bond donors (Lipinski definition) is 1. The fourth-order valence-electron chi connectivity index (χ4n) is 2.99. The van der Waals surface area contributed by atoms with Gasteiger partial charge in [-0.15, -0.1) is 0 Å². The first-order valence-electron chi connectivity index (χ1n) is 8.54. The van der Waals surface area contributed by atoms with E-state index in [2.05, 4.69) is 5.32 Å². The molecule has 0 radical (unpaired) electrons. The first-order valence-corrected chi connectivity index (χ1v) is 9.98. The molecule has 0 saturated carbocycles. The molecular weight excluding hydrogens is 355 g/mol. The van der Waals surface area contributed by atoms with Gasteiger partial charge in [0.05, 0.1) is 10.9 Å². The highest BCUT2D eigenvalue weighted by atomic mass is 32.2. The van der Waals surface area contributed by atoms with Crippen molar-refractivity contribution < 1.29 is 17.6 Å². The lowest BCUT2D eigenvalue weighted by atomic mass is 10.1. The minimum Gasteiger partial charge on any atom is -0.346 e. The second-order valence-corrected chi connectivity index (χ2v) is 8.32. The van der Waals surface area contributed by atoms with Gasteiger partial charge in [-0.05, 0) is 55.7 Å². The largest absolute Gasteiger partial charge is 0.346 e. The Labute approximate surface area is 152 Å². The van der Waals surface area contributed by atoms with Crippen LogP contribution in [0.4, 0.5) is 4.39 Å². The monoisotopic (exact) mass is 376 g/mol. The summed E-state index contributed by atoms with van der Waals surface area (Å²) in [6.45, 7) is 2.82. The summed E-state index contributed by atoms with van der Waals surface area (Å²) in [5.41, 5.74) is 1.04. The highest BCUT2D eigenvalue weighted by Crippen LogP contribution is 2.22. The molecule has 1 saturated heterocycles. The molecule has 1 N–H and O–H groups in total. The maximum absolute atomic E-state index is 13.0. The molecule has 1 atom stereocenters. The van der Waals surface area contributed by atoms with Gasteiger partial charge in [-0.3, -0.25) is 4.79 Å². The third kappa shape index (κ3) is 3.94. The van der Waals surface area contributed by atoms with E-state index < -0.39 is 10.0 Å². The Kier molecular flexibility index (Phi) is 5.38. The zero-order valence-electron chi connectivity index (χ0n) is 14.5. The predicted molar refractivity (Wildman–Crippen MR) is 96.7 cm³/mol. The standard InChI is InChI=1S/C19H21FN2O3S/c1-14(15-7-9-17(20)10-8-15)21-19(23)16-5-4-6-18(13-16)26(24,25)22-11-2-3-12-22/h4-10,13-14H,2-3,11-12H2,1H3,(H,21,23). The van der Waals surface area contributed by atoms with E-state index in [4.69, 9.17) is 0 Å². The van der Waals surface area contributed by atoms with Crippen LogP contribution in [0, 0.1) is 5.82 Å². The van der Waals surface area contributed by atoms with Crippen LogP contribution in [0.3, 0.4) is 0 Å². The van der Waals surface area contributed by atoms with E-state index >= 15 is 0 Å². The summed E-state index contributed by atoms with van der Waals surface area (Å²) >= 11 is 0. The van der Waals surface area contributed by atoms with Gasteiger partial charge < -0.3 is 5.32 Å². The van der Waals surface area contributed by atoms with Crippen LogP contribution in [-0.4, -0.2) is 31.7 Å². The molecule has 2 aromatic rings. The minimum atomic E-state index is -3.57. The molecule has 7 heteroatoms. The number of carbonyl (C=O) groups is 1.